The lowest BCUT2D eigenvalue weighted by molar-refractivity contribution is 0.391. The molecular weight excluding hydrogens is 288 g/mol. The van der Waals surface area contributed by atoms with Crippen molar-refractivity contribution in [3.8, 4) is 0 Å². The summed E-state index contributed by atoms with van der Waals surface area (Å²) >= 11 is 0. The van der Waals surface area contributed by atoms with E-state index in [0.717, 1.165) is 30.5 Å². The second kappa shape index (κ2) is 10.3. The van der Waals surface area contributed by atoms with E-state index in [1.807, 2.05) is 20.9 Å². The van der Waals surface area contributed by atoms with E-state index >= 15 is 0 Å². The fourth-order valence-corrected chi connectivity index (χ4v) is 2.95. The molecule has 1 heterocycles. The highest BCUT2D eigenvalue weighted by atomic mass is 16.5. The summed E-state index contributed by atoms with van der Waals surface area (Å²) in [6.45, 7) is 12.5. The molecule has 2 unspecified atom stereocenters. The van der Waals surface area contributed by atoms with E-state index in [2.05, 4.69) is 41.6 Å². The zero-order valence-electron chi connectivity index (χ0n) is 15.7. The molecule has 0 bridgehead atoms. The van der Waals surface area contributed by atoms with Gasteiger partial charge >= 0.3 is 0 Å². The number of rotatable bonds is 9. The summed E-state index contributed by atoms with van der Waals surface area (Å²) in [6.07, 6.45) is 5.06. The van der Waals surface area contributed by atoms with Crippen molar-refractivity contribution in [3.05, 3.63) is 17.0 Å². The normalized spacial score (nSPS) is 14.6. The molecule has 0 spiro atoms. The summed E-state index contributed by atoms with van der Waals surface area (Å²) < 4.78 is 5.26. The molecule has 0 aliphatic rings. The number of nitrogens with one attached hydrogen (secondary N) is 2. The minimum atomic E-state index is 0.335. The highest BCUT2D eigenvalue weighted by Gasteiger charge is 2.16. The first-order valence-electron chi connectivity index (χ1n) is 8.90. The van der Waals surface area contributed by atoms with Gasteiger partial charge in [-0.05, 0) is 26.2 Å². The molecule has 132 valence electrons. The third-order valence-corrected chi connectivity index (χ3v) is 4.48. The largest absolute Gasteiger partial charge is 0.361 e. The molecule has 0 saturated heterocycles. The average molecular weight is 322 g/mol. The van der Waals surface area contributed by atoms with Crippen LogP contribution in [0.4, 0.5) is 0 Å². The van der Waals surface area contributed by atoms with Crippen LogP contribution in [0.3, 0.4) is 0 Å². The number of aliphatic imine (C=N–C) groups is 1. The number of nitrogens with zero attached hydrogens (tertiary/aromatic N) is 2. The van der Waals surface area contributed by atoms with Crippen LogP contribution in [0.15, 0.2) is 9.52 Å². The summed E-state index contributed by atoms with van der Waals surface area (Å²) in [7, 11) is 1.82. The second-order valence-electron chi connectivity index (χ2n) is 6.39. The molecule has 0 aliphatic carbocycles. The van der Waals surface area contributed by atoms with Gasteiger partial charge < -0.3 is 15.2 Å². The van der Waals surface area contributed by atoms with Crippen molar-refractivity contribution in [1.29, 1.82) is 0 Å². The maximum absolute atomic E-state index is 5.26. The van der Waals surface area contributed by atoms with E-state index in [4.69, 9.17) is 4.52 Å². The number of hydrogen-bond acceptors (Lipinski definition) is 3. The lowest BCUT2D eigenvalue weighted by Crippen LogP contribution is -2.41. The van der Waals surface area contributed by atoms with Gasteiger partial charge in [0.1, 0.15) is 5.76 Å². The molecule has 0 radical (unpaired) electrons. The number of guanidine groups is 1. The van der Waals surface area contributed by atoms with Crippen LogP contribution in [0.2, 0.25) is 0 Å². The Bertz CT molecular complexity index is 462. The number of aromatic nitrogens is 1. The van der Waals surface area contributed by atoms with Crippen LogP contribution in [-0.2, 0) is 0 Å². The Morgan fingerprint density at radius 3 is 2.43 bits per heavy atom. The van der Waals surface area contributed by atoms with Gasteiger partial charge in [-0.15, -0.1) is 0 Å². The van der Waals surface area contributed by atoms with Crippen LogP contribution in [-0.4, -0.2) is 31.3 Å². The van der Waals surface area contributed by atoms with Gasteiger partial charge in [-0.3, -0.25) is 4.99 Å². The number of unbranched alkanes of at least 4 members (excludes halogenated alkanes) is 1. The van der Waals surface area contributed by atoms with Gasteiger partial charge in [0.15, 0.2) is 5.96 Å². The molecule has 0 aromatic carbocycles. The van der Waals surface area contributed by atoms with Crippen molar-refractivity contribution in [3.63, 3.8) is 0 Å². The van der Waals surface area contributed by atoms with Crippen LogP contribution in [0.5, 0.6) is 0 Å². The fourth-order valence-electron chi connectivity index (χ4n) is 2.95. The minimum Gasteiger partial charge on any atom is -0.361 e. The molecular formula is C18H34N4O. The predicted octanol–water partition coefficient (Wildman–Crippen LogP) is 3.78. The van der Waals surface area contributed by atoms with Crippen LogP contribution in [0.25, 0.3) is 0 Å². The fraction of sp³-hybridized carbons (Fsp3) is 0.778. The Morgan fingerprint density at radius 2 is 1.91 bits per heavy atom. The molecule has 1 aromatic heterocycles. The molecule has 1 rings (SSSR count). The zero-order valence-corrected chi connectivity index (χ0v) is 15.7. The maximum Gasteiger partial charge on any atom is 0.191 e. The second-order valence-corrected chi connectivity index (χ2v) is 6.39. The Kier molecular flexibility index (Phi) is 8.74. The molecule has 2 N–H and O–H groups in total. The van der Waals surface area contributed by atoms with Gasteiger partial charge in [0.05, 0.1) is 5.69 Å². The van der Waals surface area contributed by atoms with E-state index in [0.29, 0.717) is 11.8 Å². The van der Waals surface area contributed by atoms with Gasteiger partial charge in [-0.2, -0.15) is 0 Å². The lowest BCUT2D eigenvalue weighted by atomic mass is 9.99. The molecule has 0 fully saturated rings. The zero-order chi connectivity index (χ0) is 17.2. The van der Waals surface area contributed by atoms with E-state index in [1.165, 1.54) is 31.2 Å². The Hall–Kier alpha value is -1.52. The van der Waals surface area contributed by atoms with Crippen molar-refractivity contribution in [1.82, 2.24) is 15.8 Å². The van der Waals surface area contributed by atoms with Crippen molar-refractivity contribution in [2.24, 2.45) is 10.9 Å². The van der Waals surface area contributed by atoms with Crippen molar-refractivity contribution in [2.75, 3.05) is 20.1 Å². The quantitative estimate of drug-likeness (QED) is 0.536. The molecule has 1 aromatic rings. The van der Waals surface area contributed by atoms with Crippen molar-refractivity contribution >= 4 is 5.96 Å². The monoisotopic (exact) mass is 322 g/mol. The summed E-state index contributed by atoms with van der Waals surface area (Å²) in [4.78, 5) is 4.33. The first-order valence-corrected chi connectivity index (χ1v) is 8.90. The Balaban J connectivity index is 2.45. The van der Waals surface area contributed by atoms with Gasteiger partial charge in [0.2, 0.25) is 0 Å². The minimum absolute atomic E-state index is 0.335. The lowest BCUT2D eigenvalue weighted by Gasteiger charge is -2.19. The van der Waals surface area contributed by atoms with E-state index in [1.54, 1.807) is 0 Å². The molecule has 0 saturated carbocycles. The number of hydrogen-bond donors (Lipinski definition) is 2. The third kappa shape index (κ3) is 6.24. The molecule has 23 heavy (non-hydrogen) atoms. The molecule has 2 atom stereocenters. The smallest absolute Gasteiger partial charge is 0.191 e. The van der Waals surface area contributed by atoms with Crippen LogP contribution >= 0.6 is 0 Å². The molecule has 0 aliphatic heterocycles. The average Bonchev–Trinajstić information content (AvgIpc) is 2.88. The van der Waals surface area contributed by atoms with E-state index < -0.39 is 0 Å². The summed E-state index contributed by atoms with van der Waals surface area (Å²) in [5.41, 5.74) is 2.17. The van der Waals surface area contributed by atoms with Crippen molar-refractivity contribution in [2.45, 2.75) is 66.2 Å². The van der Waals surface area contributed by atoms with Crippen LogP contribution < -0.4 is 10.6 Å². The number of aryl methyl sites for hydroxylation is 2. The summed E-state index contributed by atoms with van der Waals surface area (Å²) in [5, 5.41) is 10.9. The predicted molar refractivity (Wildman–Crippen MR) is 97.1 cm³/mol. The van der Waals surface area contributed by atoms with Crippen LogP contribution in [0, 0.1) is 19.8 Å². The van der Waals surface area contributed by atoms with Gasteiger partial charge in [-0.1, -0.05) is 45.2 Å². The molecule has 5 nitrogen and oxygen atoms in total. The Labute approximate surface area is 141 Å². The van der Waals surface area contributed by atoms with E-state index in [9.17, 15) is 0 Å². The third-order valence-electron chi connectivity index (χ3n) is 4.48. The van der Waals surface area contributed by atoms with Gasteiger partial charge in [0, 0.05) is 31.6 Å². The topological polar surface area (TPSA) is 62.5 Å². The maximum atomic E-state index is 5.26. The summed E-state index contributed by atoms with van der Waals surface area (Å²) in [5.74, 6) is 2.83. The first kappa shape index (κ1) is 19.5. The van der Waals surface area contributed by atoms with Crippen LogP contribution in [0.1, 0.15) is 69.4 Å². The molecule has 5 heteroatoms. The van der Waals surface area contributed by atoms with E-state index in [-0.39, 0.29) is 0 Å². The standard InChI is InChI=1S/C18H34N4O/c1-7-9-10-16(8-2)12-21-18(19-6)20-11-13(3)17-14(4)22-23-15(17)5/h13,16H,7-12H2,1-6H3,(H2,19,20,21). The van der Waals surface area contributed by atoms with Gasteiger partial charge in [-0.25, -0.2) is 0 Å². The highest BCUT2D eigenvalue weighted by Crippen LogP contribution is 2.22. The SMILES string of the molecule is CCCCC(CC)CNC(=NC)NCC(C)c1c(C)noc1C. The first-order chi connectivity index (χ1) is 11.0. The van der Waals surface area contributed by atoms with Crippen molar-refractivity contribution < 1.29 is 4.52 Å². The molecule has 0 amide bonds. The highest BCUT2D eigenvalue weighted by molar-refractivity contribution is 5.79. The van der Waals surface area contributed by atoms with Gasteiger partial charge in [0.25, 0.3) is 0 Å². The summed E-state index contributed by atoms with van der Waals surface area (Å²) in [6, 6.07) is 0. The Morgan fingerprint density at radius 1 is 1.22 bits per heavy atom.